The summed E-state index contributed by atoms with van der Waals surface area (Å²) < 4.78 is 4.79. The number of carbonyl (C=O) groups is 1. The van der Waals surface area contributed by atoms with Crippen molar-refractivity contribution in [1.29, 1.82) is 0 Å². The normalized spacial score (nSPS) is 14.5. The number of anilines is 2. The second-order valence-corrected chi connectivity index (χ2v) is 6.57. The number of carbonyl (C=O) groups excluding carboxylic acids is 1. The van der Waals surface area contributed by atoms with Crippen molar-refractivity contribution in [3.63, 3.8) is 0 Å². The van der Waals surface area contributed by atoms with Crippen LogP contribution in [0.15, 0.2) is 24.3 Å². The number of hydrogen-bond acceptors (Lipinski definition) is 7. The van der Waals surface area contributed by atoms with E-state index in [4.69, 9.17) is 4.74 Å². The first-order valence-electron chi connectivity index (χ1n) is 8.68. The highest BCUT2D eigenvalue weighted by molar-refractivity contribution is 5.89. The summed E-state index contributed by atoms with van der Waals surface area (Å²) in [5.41, 5.74) is 3.80. The monoisotopic (exact) mass is 356 g/mol. The number of esters is 1. The summed E-state index contributed by atoms with van der Waals surface area (Å²) in [7, 11) is 1.39. The highest BCUT2D eigenvalue weighted by Gasteiger charge is 2.20. The molecule has 0 fully saturated rings. The van der Waals surface area contributed by atoms with Crippen molar-refractivity contribution in [2.75, 3.05) is 30.5 Å². The summed E-state index contributed by atoms with van der Waals surface area (Å²) in [6.45, 7) is 5.36. The lowest BCUT2D eigenvalue weighted by molar-refractivity contribution is 0.0600. The Morgan fingerprint density at radius 2 is 2.15 bits per heavy atom. The number of hydrogen-bond donors (Lipinski definition) is 2. The Balaban J connectivity index is 1.81. The van der Waals surface area contributed by atoms with Gasteiger partial charge >= 0.3 is 5.97 Å². The number of nitrogens with one attached hydrogen (secondary N) is 1. The van der Waals surface area contributed by atoms with Gasteiger partial charge in [-0.3, -0.25) is 0 Å². The van der Waals surface area contributed by atoms with E-state index < -0.39 is 0 Å². The molecular formula is C19H24N4O3. The van der Waals surface area contributed by atoms with Crippen molar-refractivity contribution >= 4 is 17.7 Å². The van der Waals surface area contributed by atoms with Crippen LogP contribution in [0, 0.1) is 6.92 Å². The first-order chi connectivity index (χ1) is 12.5. The second kappa shape index (κ2) is 7.70. The van der Waals surface area contributed by atoms with Crippen molar-refractivity contribution in [3.8, 4) is 0 Å². The van der Waals surface area contributed by atoms with Crippen molar-refractivity contribution in [2.24, 2.45) is 0 Å². The van der Waals surface area contributed by atoms with E-state index in [2.05, 4.69) is 20.2 Å². The van der Waals surface area contributed by atoms with E-state index in [0.717, 1.165) is 31.0 Å². The molecule has 2 N–H and O–H groups in total. The number of aliphatic hydroxyl groups excluding tert-OH is 1. The fraction of sp³-hybridized carbons (Fsp3) is 0.421. The number of benzene rings is 1. The van der Waals surface area contributed by atoms with Crippen LogP contribution in [0.1, 0.15) is 34.1 Å². The first-order valence-corrected chi connectivity index (χ1v) is 8.68. The standard InChI is InChI=1S/C19H24N4O3/c1-12-8-17(22-19(20-12)21-13(2)11-24)23-7-6-14-9-15(18(25)26-3)4-5-16(14)10-23/h4-5,8-9,13,24H,6-7,10-11H2,1-3H3,(H,20,21,22)/t13-/m0/s1. The van der Waals surface area contributed by atoms with Crippen LogP contribution in [0.25, 0.3) is 0 Å². The minimum absolute atomic E-state index is 0.0201. The van der Waals surface area contributed by atoms with Gasteiger partial charge in [-0.2, -0.15) is 4.98 Å². The molecule has 1 aliphatic heterocycles. The minimum Gasteiger partial charge on any atom is -0.465 e. The average Bonchev–Trinajstić information content (AvgIpc) is 2.65. The largest absolute Gasteiger partial charge is 0.465 e. The van der Waals surface area contributed by atoms with Gasteiger partial charge in [0.05, 0.1) is 19.3 Å². The predicted octanol–water partition coefficient (Wildman–Crippen LogP) is 1.93. The van der Waals surface area contributed by atoms with Gasteiger partial charge in [0.1, 0.15) is 5.82 Å². The molecule has 1 atom stereocenters. The molecule has 0 bridgehead atoms. The third-order valence-electron chi connectivity index (χ3n) is 4.45. The Hall–Kier alpha value is -2.67. The summed E-state index contributed by atoms with van der Waals surface area (Å²) in [6, 6.07) is 7.55. The van der Waals surface area contributed by atoms with E-state index in [1.54, 1.807) is 6.07 Å². The summed E-state index contributed by atoms with van der Waals surface area (Å²) in [5, 5.41) is 12.3. The summed E-state index contributed by atoms with van der Waals surface area (Å²) in [6.07, 6.45) is 0.832. The molecule has 138 valence electrons. The molecule has 0 spiro atoms. The van der Waals surface area contributed by atoms with Crippen molar-refractivity contribution < 1.29 is 14.6 Å². The Morgan fingerprint density at radius 1 is 1.35 bits per heavy atom. The van der Waals surface area contributed by atoms with Crippen LogP contribution in [-0.4, -0.2) is 47.3 Å². The van der Waals surface area contributed by atoms with Crippen LogP contribution in [0.3, 0.4) is 0 Å². The van der Waals surface area contributed by atoms with E-state index in [1.807, 2.05) is 32.0 Å². The molecule has 2 heterocycles. The predicted molar refractivity (Wildman–Crippen MR) is 99.5 cm³/mol. The molecule has 2 aromatic rings. The highest BCUT2D eigenvalue weighted by Crippen LogP contribution is 2.25. The number of nitrogens with zero attached hydrogens (tertiary/aromatic N) is 3. The fourth-order valence-electron chi connectivity index (χ4n) is 3.04. The van der Waals surface area contributed by atoms with E-state index in [9.17, 15) is 9.90 Å². The Morgan fingerprint density at radius 3 is 2.88 bits per heavy atom. The number of ether oxygens (including phenoxy) is 1. The van der Waals surface area contributed by atoms with Crippen LogP contribution < -0.4 is 10.2 Å². The molecular weight excluding hydrogens is 332 g/mol. The van der Waals surface area contributed by atoms with Gasteiger partial charge in [-0.25, -0.2) is 9.78 Å². The van der Waals surface area contributed by atoms with Crippen LogP contribution in [0.4, 0.5) is 11.8 Å². The van der Waals surface area contributed by atoms with E-state index in [1.165, 1.54) is 18.2 Å². The highest BCUT2D eigenvalue weighted by atomic mass is 16.5. The zero-order valence-electron chi connectivity index (χ0n) is 15.3. The van der Waals surface area contributed by atoms with E-state index in [-0.39, 0.29) is 18.6 Å². The third-order valence-corrected chi connectivity index (χ3v) is 4.45. The maximum atomic E-state index is 11.7. The molecule has 1 aromatic heterocycles. The zero-order chi connectivity index (χ0) is 18.7. The minimum atomic E-state index is -0.310. The maximum Gasteiger partial charge on any atom is 0.337 e. The molecule has 0 unspecified atom stereocenters. The molecule has 1 aliphatic rings. The van der Waals surface area contributed by atoms with Crippen LogP contribution in [0.5, 0.6) is 0 Å². The molecule has 0 saturated heterocycles. The van der Waals surface area contributed by atoms with Gasteiger partial charge in [-0.05, 0) is 43.5 Å². The molecule has 7 heteroatoms. The van der Waals surface area contributed by atoms with Crippen molar-refractivity contribution in [2.45, 2.75) is 32.9 Å². The first kappa shape index (κ1) is 18.1. The summed E-state index contributed by atoms with van der Waals surface area (Å²) in [4.78, 5) is 22.9. The molecule has 0 aliphatic carbocycles. The molecule has 0 saturated carbocycles. The zero-order valence-corrected chi connectivity index (χ0v) is 15.3. The molecule has 0 radical (unpaired) electrons. The molecule has 3 rings (SSSR count). The molecule has 7 nitrogen and oxygen atoms in total. The van der Waals surface area contributed by atoms with Gasteiger partial charge in [0.2, 0.25) is 5.95 Å². The Bertz CT molecular complexity index is 809. The second-order valence-electron chi connectivity index (χ2n) is 6.57. The number of rotatable bonds is 5. The number of aryl methyl sites for hydroxylation is 1. The number of fused-ring (bicyclic) bond motifs is 1. The Labute approximate surface area is 153 Å². The fourth-order valence-corrected chi connectivity index (χ4v) is 3.04. The lowest BCUT2D eigenvalue weighted by atomic mass is 9.97. The van der Waals surface area contributed by atoms with Crippen LogP contribution >= 0.6 is 0 Å². The quantitative estimate of drug-likeness (QED) is 0.792. The van der Waals surface area contributed by atoms with Gasteiger partial charge in [-0.15, -0.1) is 0 Å². The molecule has 26 heavy (non-hydrogen) atoms. The maximum absolute atomic E-state index is 11.7. The van der Waals surface area contributed by atoms with Crippen LogP contribution in [0.2, 0.25) is 0 Å². The molecule has 1 aromatic carbocycles. The van der Waals surface area contributed by atoms with E-state index in [0.29, 0.717) is 11.5 Å². The smallest absolute Gasteiger partial charge is 0.337 e. The van der Waals surface area contributed by atoms with E-state index >= 15 is 0 Å². The van der Waals surface area contributed by atoms with Crippen LogP contribution in [-0.2, 0) is 17.7 Å². The molecule has 0 amide bonds. The average molecular weight is 356 g/mol. The number of aromatic nitrogens is 2. The lowest BCUT2D eigenvalue weighted by Crippen LogP contribution is -2.32. The lowest BCUT2D eigenvalue weighted by Gasteiger charge is -2.30. The van der Waals surface area contributed by atoms with Gasteiger partial charge in [0.25, 0.3) is 0 Å². The summed E-state index contributed by atoms with van der Waals surface area (Å²) in [5.74, 6) is 1.07. The SMILES string of the molecule is COC(=O)c1ccc2c(c1)CCN(c1cc(C)nc(N[C@@H](C)CO)n1)C2. The Kier molecular flexibility index (Phi) is 5.37. The van der Waals surface area contributed by atoms with Gasteiger partial charge < -0.3 is 20.1 Å². The van der Waals surface area contributed by atoms with Gasteiger partial charge in [-0.1, -0.05) is 6.07 Å². The number of methoxy groups -OCH3 is 1. The topological polar surface area (TPSA) is 87.6 Å². The summed E-state index contributed by atoms with van der Waals surface area (Å²) >= 11 is 0. The van der Waals surface area contributed by atoms with Crippen molar-refractivity contribution in [3.05, 3.63) is 46.6 Å². The van der Waals surface area contributed by atoms with Gasteiger partial charge in [0, 0.05) is 30.9 Å². The third kappa shape index (κ3) is 3.94. The van der Waals surface area contributed by atoms with Gasteiger partial charge in [0.15, 0.2) is 0 Å². The number of aliphatic hydroxyl groups is 1. The van der Waals surface area contributed by atoms with Crippen molar-refractivity contribution in [1.82, 2.24) is 9.97 Å².